The van der Waals surface area contributed by atoms with Gasteiger partial charge in [-0.25, -0.2) is 0 Å². The van der Waals surface area contributed by atoms with E-state index in [2.05, 4.69) is 11.0 Å². The molecule has 0 aliphatic carbocycles. The number of hydrogen-bond acceptors (Lipinski definition) is 4. The summed E-state index contributed by atoms with van der Waals surface area (Å²) in [5.41, 5.74) is 1.40. The molecule has 4 heteroatoms. The highest BCUT2D eigenvalue weighted by molar-refractivity contribution is 5.98. The molecule has 4 nitrogen and oxygen atoms in total. The Morgan fingerprint density at radius 1 is 1.41 bits per heavy atom. The van der Waals surface area contributed by atoms with Gasteiger partial charge in [0.2, 0.25) is 0 Å². The fourth-order valence-corrected chi connectivity index (χ4v) is 2.17. The number of ketones is 1. The summed E-state index contributed by atoms with van der Waals surface area (Å²) in [4.78, 5) is 13.4. The van der Waals surface area contributed by atoms with Crippen LogP contribution in [0.25, 0.3) is 0 Å². The van der Waals surface area contributed by atoms with Gasteiger partial charge in [0.25, 0.3) is 0 Å². The number of nitrogens with zero attached hydrogens (tertiary/aromatic N) is 2. The third-order valence-electron chi connectivity index (χ3n) is 3.06. The van der Waals surface area contributed by atoms with Crippen molar-refractivity contribution in [3.05, 3.63) is 23.3 Å². The van der Waals surface area contributed by atoms with Crippen molar-refractivity contribution < 1.29 is 9.90 Å². The lowest BCUT2D eigenvalue weighted by molar-refractivity contribution is 0.101. The molecule has 1 heterocycles. The number of carbonyl (C=O) groups is 1. The Morgan fingerprint density at radius 2 is 2.06 bits per heavy atom. The summed E-state index contributed by atoms with van der Waals surface area (Å²) in [6, 6.07) is 5.10. The van der Waals surface area contributed by atoms with Crippen molar-refractivity contribution in [1.29, 1.82) is 5.26 Å². The molecule has 1 aromatic rings. The van der Waals surface area contributed by atoms with Gasteiger partial charge in [-0.1, -0.05) is 0 Å². The predicted molar refractivity (Wildman–Crippen MR) is 64.3 cm³/mol. The molecule has 1 fully saturated rings. The fraction of sp³-hybridized carbons (Fsp3) is 0.385. The number of hydrogen-bond donors (Lipinski definition) is 1. The molecule has 1 N–H and O–H groups in total. The number of aromatic hydroxyl groups is 1. The lowest BCUT2D eigenvalue weighted by Gasteiger charge is -2.19. The van der Waals surface area contributed by atoms with Gasteiger partial charge in [-0.15, -0.1) is 0 Å². The summed E-state index contributed by atoms with van der Waals surface area (Å²) in [6.45, 7) is 3.17. The van der Waals surface area contributed by atoms with E-state index in [9.17, 15) is 9.90 Å². The van der Waals surface area contributed by atoms with E-state index in [1.54, 1.807) is 0 Å². The van der Waals surface area contributed by atoms with Gasteiger partial charge < -0.3 is 10.0 Å². The average molecular weight is 230 g/mol. The zero-order valence-electron chi connectivity index (χ0n) is 9.73. The first-order chi connectivity index (χ1) is 8.13. The maximum absolute atomic E-state index is 11.3. The molecule has 0 bridgehead atoms. The van der Waals surface area contributed by atoms with E-state index in [0.29, 0.717) is 5.56 Å². The monoisotopic (exact) mass is 230 g/mol. The van der Waals surface area contributed by atoms with Gasteiger partial charge in [0.1, 0.15) is 11.8 Å². The van der Waals surface area contributed by atoms with Crippen molar-refractivity contribution in [1.82, 2.24) is 0 Å². The van der Waals surface area contributed by atoms with Crippen molar-refractivity contribution in [2.75, 3.05) is 18.0 Å². The molecule has 88 valence electrons. The van der Waals surface area contributed by atoms with E-state index in [1.165, 1.54) is 19.1 Å². The molecule has 1 aliphatic rings. The topological polar surface area (TPSA) is 64.3 Å². The summed E-state index contributed by atoms with van der Waals surface area (Å²) < 4.78 is 0. The Bertz CT molecular complexity index is 497. The first kappa shape index (κ1) is 11.5. The molecule has 2 rings (SSSR count). The van der Waals surface area contributed by atoms with Crippen LogP contribution < -0.4 is 4.90 Å². The summed E-state index contributed by atoms with van der Waals surface area (Å²) in [5, 5.41) is 18.9. The number of rotatable bonds is 2. The Labute approximate surface area is 100 Å². The van der Waals surface area contributed by atoms with Gasteiger partial charge in [0.15, 0.2) is 5.78 Å². The van der Waals surface area contributed by atoms with Crippen LogP contribution in [-0.2, 0) is 0 Å². The Balaban J connectivity index is 2.49. The van der Waals surface area contributed by atoms with Gasteiger partial charge in [-0.2, -0.15) is 5.26 Å². The van der Waals surface area contributed by atoms with Gasteiger partial charge in [-0.05, 0) is 25.8 Å². The lowest BCUT2D eigenvalue weighted by atomic mass is 10.0. The smallest absolute Gasteiger partial charge is 0.163 e. The maximum atomic E-state index is 11.3. The highest BCUT2D eigenvalue weighted by atomic mass is 16.3. The fourth-order valence-electron chi connectivity index (χ4n) is 2.17. The van der Waals surface area contributed by atoms with Crippen molar-refractivity contribution in [2.45, 2.75) is 19.8 Å². The molecule has 1 saturated heterocycles. The van der Waals surface area contributed by atoms with Crippen LogP contribution >= 0.6 is 0 Å². The summed E-state index contributed by atoms with van der Waals surface area (Å²) >= 11 is 0. The maximum Gasteiger partial charge on any atom is 0.163 e. The highest BCUT2D eigenvalue weighted by Gasteiger charge is 2.19. The Kier molecular flexibility index (Phi) is 3.01. The molecule has 1 aliphatic heterocycles. The largest absolute Gasteiger partial charge is 0.507 e. The lowest BCUT2D eigenvalue weighted by Crippen LogP contribution is -2.19. The van der Waals surface area contributed by atoms with Crippen LogP contribution in [0.1, 0.15) is 35.7 Å². The Hall–Kier alpha value is -2.02. The number of phenols is 1. The number of Topliss-reactive ketones (excluding diaryl/α,β-unsaturated/α-hetero) is 1. The van der Waals surface area contributed by atoms with E-state index in [-0.39, 0.29) is 17.1 Å². The summed E-state index contributed by atoms with van der Waals surface area (Å²) in [7, 11) is 0. The van der Waals surface area contributed by atoms with Crippen LogP contribution in [-0.4, -0.2) is 24.0 Å². The molecule has 0 atom stereocenters. The molecule has 0 unspecified atom stereocenters. The molecule has 0 spiro atoms. The first-order valence-corrected chi connectivity index (χ1v) is 5.66. The number of nitriles is 1. The molecule has 0 amide bonds. The normalized spacial score (nSPS) is 14.7. The van der Waals surface area contributed by atoms with Crippen LogP contribution in [0.2, 0.25) is 0 Å². The quantitative estimate of drug-likeness (QED) is 0.790. The van der Waals surface area contributed by atoms with Gasteiger partial charge >= 0.3 is 0 Å². The third kappa shape index (κ3) is 2.09. The van der Waals surface area contributed by atoms with E-state index < -0.39 is 0 Å². The van der Waals surface area contributed by atoms with E-state index in [0.717, 1.165) is 31.6 Å². The molecule has 0 aromatic heterocycles. The molecular formula is C13H14N2O2. The highest BCUT2D eigenvalue weighted by Crippen LogP contribution is 2.31. The molecule has 0 saturated carbocycles. The van der Waals surface area contributed by atoms with Crippen LogP contribution in [0.4, 0.5) is 5.69 Å². The van der Waals surface area contributed by atoms with Gasteiger partial charge in [0, 0.05) is 19.2 Å². The van der Waals surface area contributed by atoms with E-state index in [1.807, 2.05) is 0 Å². The number of carbonyl (C=O) groups excluding carboxylic acids is 1. The van der Waals surface area contributed by atoms with E-state index >= 15 is 0 Å². The van der Waals surface area contributed by atoms with E-state index in [4.69, 9.17) is 5.26 Å². The number of benzene rings is 1. The van der Waals surface area contributed by atoms with Gasteiger partial charge in [0.05, 0.1) is 16.8 Å². The standard InChI is InChI=1S/C13H14N2O2/c1-9(16)11-6-10(8-14)12(7-13(11)17)15-4-2-3-5-15/h6-7,17H,2-5H2,1H3. The summed E-state index contributed by atoms with van der Waals surface area (Å²) in [5.74, 6) is -0.273. The SMILES string of the molecule is CC(=O)c1cc(C#N)c(N2CCCC2)cc1O. The van der Waals surface area contributed by atoms with Crippen LogP contribution in [0.15, 0.2) is 12.1 Å². The minimum absolute atomic E-state index is 0.0431. The molecule has 1 aromatic carbocycles. The second-order valence-electron chi connectivity index (χ2n) is 4.25. The van der Waals surface area contributed by atoms with Crippen LogP contribution in [0.5, 0.6) is 5.75 Å². The third-order valence-corrected chi connectivity index (χ3v) is 3.06. The zero-order valence-corrected chi connectivity index (χ0v) is 9.73. The minimum atomic E-state index is -0.230. The van der Waals surface area contributed by atoms with Gasteiger partial charge in [-0.3, -0.25) is 4.79 Å². The van der Waals surface area contributed by atoms with Crippen molar-refractivity contribution in [3.63, 3.8) is 0 Å². The second-order valence-corrected chi connectivity index (χ2v) is 4.25. The van der Waals surface area contributed by atoms with Crippen LogP contribution in [0.3, 0.4) is 0 Å². The minimum Gasteiger partial charge on any atom is -0.507 e. The van der Waals surface area contributed by atoms with Crippen LogP contribution in [0, 0.1) is 11.3 Å². The average Bonchev–Trinajstić information content (AvgIpc) is 2.81. The Morgan fingerprint density at radius 3 is 2.59 bits per heavy atom. The number of anilines is 1. The van der Waals surface area contributed by atoms with Crippen molar-refractivity contribution >= 4 is 11.5 Å². The number of phenolic OH excluding ortho intramolecular Hbond substituents is 1. The molecular weight excluding hydrogens is 216 g/mol. The van der Waals surface area contributed by atoms with Crippen molar-refractivity contribution in [2.24, 2.45) is 0 Å². The predicted octanol–water partition coefficient (Wildman–Crippen LogP) is 2.07. The zero-order chi connectivity index (χ0) is 12.4. The first-order valence-electron chi connectivity index (χ1n) is 5.66. The summed E-state index contributed by atoms with van der Waals surface area (Å²) in [6.07, 6.45) is 2.19. The molecule has 17 heavy (non-hydrogen) atoms. The molecule has 0 radical (unpaired) electrons. The van der Waals surface area contributed by atoms with Crippen molar-refractivity contribution in [3.8, 4) is 11.8 Å². The second kappa shape index (κ2) is 4.46.